The van der Waals surface area contributed by atoms with Gasteiger partial charge in [0.25, 0.3) is 0 Å². The van der Waals surface area contributed by atoms with Gasteiger partial charge < -0.3 is 9.80 Å². The van der Waals surface area contributed by atoms with Crippen molar-refractivity contribution in [3.8, 4) is 0 Å². The van der Waals surface area contributed by atoms with Crippen molar-refractivity contribution < 1.29 is 4.79 Å². The van der Waals surface area contributed by atoms with Gasteiger partial charge in [-0.3, -0.25) is 4.79 Å². The minimum atomic E-state index is 0.478. The highest BCUT2D eigenvalue weighted by Crippen LogP contribution is 2.60. The molecule has 0 N–H and O–H groups in total. The highest BCUT2D eigenvalue weighted by atomic mass is 16.1. The fraction of sp³-hybridized carbons (Fsp3) is 0.957. The van der Waals surface area contributed by atoms with Crippen molar-refractivity contribution in [3.63, 3.8) is 0 Å². The Morgan fingerprint density at radius 3 is 1.96 bits per heavy atom. The fourth-order valence-electron chi connectivity index (χ4n) is 6.65. The maximum atomic E-state index is 11.6. The van der Waals surface area contributed by atoms with E-state index in [0.29, 0.717) is 11.2 Å². The Morgan fingerprint density at radius 2 is 1.38 bits per heavy atom. The molecule has 148 valence electrons. The number of piperidine rings is 2. The zero-order chi connectivity index (χ0) is 18.1. The maximum absolute atomic E-state index is 11.6. The molecule has 0 aromatic rings. The van der Waals surface area contributed by atoms with E-state index in [0.717, 1.165) is 36.8 Å². The predicted octanol–water partition coefficient (Wildman–Crippen LogP) is 4.50. The van der Waals surface area contributed by atoms with Crippen LogP contribution in [0.1, 0.15) is 84.5 Å². The molecule has 0 amide bonds. The van der Waals surface area contributed by atoms with E-state index < -0.39 is 0 Å². The van der Waals surface area contributed by atoms with Gasteiger partial charge in [-0.05, 0) is 94.8 Å². The molecule has 0 atom stereocenters. The first-order valence-electron chi connectivity index (χ1n) is 11.6. The zero-order valence-corrected chi connectivity index (χ0v) is 17.2. The summed E-state index contributed by atoms with van der Waals surface area (Å²) >= 11 is 0. The normalized spacial score (nSPS) is 37.5. The van der Waals surface area contributed by atoms with E-state index in [9.17, 15) is 4.79 Å². The van der Waals surface area contributed by atoms with Crippen LogP contribution in [0.15, 0.2) is 0 Å². The standard InChI is InChI=1S/C23H40N2O/c1-3-18-5-9-24(10-6-18)20-7-11-25(12-8-20)21-16-23(17-21)14-19(15-23)13-22(26)4-2/h18-21H,3-17H2,1-2H3. The van der Waals surface area contributed by atoms with Gasteiger partial charge in [0.1, 0.15) is 5.78 Å². The number of carbonyl (C=O) groups excluding carboxylic acids is 1. The van der Waals surface area contributed by atoms with Gasteiger partial charge in [0.15, 0.2) is 0 Å². The summed E-state index contributed by atoms with van der Waals surface area (Å²) < 4.78 is 0. The van der Waals surface area contributed by atoms with Gasteiger partial charge in [0.2, 0.25) is 0 Å². The lowest BCUT2D eigenvalue weighted by Gasteiger charge is -2.61. The molecule has 4 rings (SSSR count). The minimum absolute atomic E-state index is 0.478. The highest BCUT2D eigenvalue weighted by Gasteiger charge is 2.54. The van der Waals surface area contributed by atoms with Crippen LogP contribution < -0.4 is 0 Å². The van der Waals surface area contributed by atoms with Crippen LogP contribution in [-0.2, 0) is 4.79 Å². The first-order valence-corrected chi connectivity index (χ1v) is 11.6. The fourth-order valence-corrected chi connectivity index (χ4v) is 6.65. The molecule has 2 heterocycles. The van der Waals surface area contributed by atoms with Gasteiger partial charge in [-0.15, -0.1) is 0 Å². The van der Waals surface area contributed by atoms with E-state index in [1.165, 1.54) is 84.0 Å². The summed E-state index contributed by atoms with van der Waals surface area (Å²) in [4.78, 5) is 17.3. The lowest BCUT2D eigenvalue weighted by atomic mass is 9.49. The summed E-state index contributed by atoms with van der Waals surface area (Å²) in [6.07, 6.45) is 14.2. The zero-order valence-electron chi connectivity index (χ0n) is 17.2. The topological polar surface area (TPSA) is 23.6 Å². The van der Waals surface area contributed by atoms with E-state index in [4.69, 9.17) is 0 Å². The second-order valence-electron chi connectivity index (χ2n) is 10.1. The number of Topliss-reactive ketones (excluding diaryl/α,β-unsaturated/α-hetero) is 1. The van der Waals surface area contributed by atoms with Gasteiger partial charge >= 0.3 is 0 Å². The van der Waals surface area contributed by atoms with Crippen molar-refractivity contribution in [2.75, 3.05) is 26.2 Å². The smallest absolute Gasteiger partial charge is 0.132 e. The molecule has 26 heavy (non-hydrogen) atoms. The van der Waals surface area contributed by atoms with Crippen LogP contribution in [0.5, 0.6) is 0 Å². The number of carbonyl (C=O) groups is 1. The second kappa shape index (κ2) is 7.91. The summed E-state index contributed by atoms with van der Waals surface area (Å²) in [7, 11) is 0. The van der Waals surface area contributed by atoms with Crippen molar-refractivity contribution in [1.29, 1.82) is 0 Å². The Kier molecular flexibility index (Phi) is 5.76. The number of hydrogen-bond donors (Lipinski definition) is 0. The Balaban J connectivity index is 1.14. The predicted molar refractivity (Wildman–Crippen MR) is 107 cm³/mol. The molecular weight excluding hydrogens is 320 g/mol. The van der Waals surface area contributed by atoms with Crippen LogP contribution in [0.4, 0.5) is 0 Å². The van der Waals surface area contributed by atoms with E-state index in [2.05, 4.69) is 16.7 Å². The molecular formula is C23H40N2O. The molecule has 2 saturated carbocycles. The summed E-state index contributed by atoms with van der Waals surface area (Å²) in [5.74, 6) is 2.20. The lowest BCUT2D eigenvalue weighted by Crippen LogP contribution is -2.59. The molecule has 4 fully saturated rings. The SMILES string of the molecule is CCC(=O)CC1CC2(C1)CC(N1CCC(N3CCC(CC)CC3)CC1)C2. The maximum Gasteiger partial charge on any atom is 0.132 e. The molecule has 3 heteroatoms. The first kappa shape index (κ1) is 18.9. The van der Waals surface area contributed by atoms with Gasteiger partial charge in [-0.2, -0.15) is 0 Å². The number of hydrogen-bond acceptors (Lipinski definition) is 3. The first-order chi connectivity index (χ1) is 12.6. The average molecular weight is 361 g/mol. The molecule has 0 aromatic carbocycles. The van der Waals surface area contributed by atoms with Crippen LogP contribution in [0.3, 0.4) is 0 Å². The Labute approximate surface area is 160 Å². The van der Waals surface area contributed by atoms with E-state index in [1.807, 2.05) is 6.92 Å². The number of rotatable bonds is 6. The Bertz CT molecular complexity index is 474. The molecule has 2 aliphatic heterocycles. The highest BCUT2D eigenvalue weighted by molar-refractivity contribution is 5.78. The summed E-state index contributed by atoms with van der Waals surface area (Å²) in [5, 5.41) is 0. The summed E-state index contributed by atoms with van der Waals surface area (Å²) in [6.45, 7) is 9.73. The van der Waals surface area contributed by atoms with Gasteiger partial charge in [-0.1, -0.05) is 20.3 Å². The average Bonchev–Trinajstić information content (AvgIpc) is 2.62. The molecule has 1 spiro atoms. The van der Waals surface area contributed by atoms with E-state index in [1.54, 1.807) is 0 Å². The third kappa shape index (κ3) is 3.90. The third-order valence-corrected chi connectivity index (χ3v) is 8.45. The molecule has 4 aliphatic rings. The van der Waals surface area contributed by atoms with Crippen LogP contribution in [0.2, 0.25) is 0 Å². The van der Waals surface area contributed by atoms with E-state index in [-0.39, 0.29) is 0 Å². The largest absolute Gasteiger partial charge is 0.300 e. The van der Waals surface area contributed by atoms with Gasteiger partial charge in [0.05, 0.1) is 0 Å². The molecule has 2 saturated heterocycles. The van der Waals surface area contributed by atoms with Crippen LogP contribution in [-0.4, -0.2) is 53.8 Å². The van der Waals surface area contributed by atoms with Crippen molar-refractivity contribution in [2.24, 2.45) is 17.3 Å². The number of likely N-dealkylation sites (tertiary alicyclic amines) is 2. The molecule has 0 radical (unpaired) electrons. The summed E-state index contributed by atoms with van der Waals surface area (Å²) in [6, 6.07) is 1.73. The molecule has 0 unspecified atom stereocenters. The Hall–Kier alpha value is -0.410. The van der Waals surface area contributed by atoms with Crippen molar-refractivity contribution >= 4 is 5.78 Å². The minimum Gasteiger partial charge on any atom is -0.300 e. The van der Waals surface area contributed by atoms with Gasteiger partial charge in [-0.25, -0.2) is 0 Å². The lowest BCUT2D eigenvalue weighted by molar-refractivity contribution is -0.127. The van der Waals surface area contributed by atoms with Crippen LogP contribution >= 0.6 is 0 Å². The molecule has 3 nitrogen and oxygen atoms in total. The number of nitrogens with zero attached hydrogens (tertiary/aromatic N) is 2. The monoisotopic (exact) mass is 360 g/mol. The molecule has 0 bridgehead atoms. The van der Waals surface area contributed by atoms with Crippen LogP contribution in [0.25, 0.3) is 0 Å². The van der Waals surface area contributed by atoms with Crippen molar-refractivity contribution in [3.05, 3.63) is 0 Å². The summed E-state index contributed by atoms with van der Waals surface area (Å²) in [5.41, 5.74) is 0.655. The van der Waals surface area contributed by atoms with Crippen LogP contribution in [0, 0.1) is 17.3 Å². The third-order valence-electron chi connectivity index (χ3n) is 8.45. The van der Waals surface area contributed by atoms with E-state index >= 15 is 0 Å². The Morgan fingerprint density at radius 1 is 0.808 bits per heavy atom. The molecule has 2 aliphatic carbocycles. The number of ketones is 1. The van der Waals surface area contributed by atoms with Crippen molar-refractivity contribution in [2.45, 2.75) is 96.6 Å². The quantitative estimate of drug-likeness (QED) is 0.697. The van der Waals surface area contributed by atoms with Gasteiger partial charge in [0, 0.05) is 24.9 Å². The molecule has 0 aromatic heterocycles. The second-order valence-corrected chi connectivity index (χ2v) is 10.1. The van der Waals surface area contributed by atoms with Crippen molar-refractivity contribution in [1.82, 2.24) is 9.80 Å².